The molecule has 2 bridgehead atoms. The van der Waals surface area contributed by atoms with Crippen LogP contribution in [-0.2, 0) is 0 Å². The molecule has 2 atom stereocenters. The third-order valence-electron chi connectivity index (χ3n) is 7.32. The van der Waals surface area contributed by atoms with Crippen LogP contribution in [0.3, 0.4) is 0 Å². The average molecular weight is 248 g/mol. The molecule has 18 heavy (non-hydrogen) atoms. The third-order valence-corrected chi connectivity index (χ3v) is 7.32. The van der Waals surface area contributed by atoms with E-state index < -0.39 is 0 Å². The molecule has 0 heteroatoms. The molecule has 0 heterocycles. The highest BCUT2D eigenvalue weighted by molar-refractivity contribution is 4.97. The van der Waals surface area contributed by atoms with Crippen molar-refractivity contribution < 1.29 is 0 Å². The molecule has 4 saturated carbocycles. The number of hydrogen-bond donors (Lipinski definition) is 0. The maximum Gasteiger partial charge on any atom is -0.0272 e. The van der Waals surface area contributed by atoms with Crippen LogP contribution in [0, 0.1) is 28.6 Å². The SMILES string of the molecule is CC1(C)CCCCC1(C)CC1CC2CCC1CC2. The van der Waals surface area contributed by atoms with E-state index in [-0.39, 0.29) is 0 Å². The van der Waals surface area contributed by atoms with Crippen LogP contribution in [0.4, 0.5) is 0 Å². The summed E-state index contributed by atoms with van der Waals surface area (Å²) < 4.78 is 0. The van der Waals surface area contributed by atoms with E-state index in [4.69, 9.17) is 0 Å². The molecule has 4 rings (SSSR count). The van der Waals surface area contributed by atoms with E-state index in [1.165, 1.54) is 25.7 Å². The Labute approximate surface area is 114 Å². The molecular weight excluding hydrogens is 216 g/mol. The third kappa shape index (κ3) is 2.14. The van der Waals surface area contributed by atoms with Crippen molar-refractivity contribution in [2.45, 2.75) is 85.0 Å². The normalized spacial score (nSPS) is 47.2. The van der Waals surface area contributed by atoms with Gasteiger partial charge in [0, 0.05) is 0 Å². The molecule has 4 aliphatic carbocycles. The van der Waals surface area contributed by atoms with Gasteiger partial charge in [0.1, 0.15) is 0 Å². The molecule has 0 spiro atoms. The molecule has 0 radical (unpaired) electrons. The fraction of sp³-hybridized carbons (Fsp3) is 1.00. The Balaban J connectivity index is 1.71. The lowest BCUT2D eigenvalue weighted by Gasteiger charge is -2.53. The summed E-state index contributed by atoms with van der Waals surface area (Å²) in [5, 5.41) is 0. The van der Waals surface area contributed by atoms with Crippen LogP contribution in [0.15, 0.2) is 0 Å². The lowest BCUT2D eigenvalue weighted by molar-refractivity contribution is -0.0243. The van der Waals surface area contributed by atoms with Crippen LogP contribution in [-0.4, -0.2) is 0 Å². The van der Waals surface area contributed by atoms with Crippen LogP contribution < -0.4 is 0 Å². The molecule has 0 N–H and O–H groups in total. The van der Waals surface area contributed by atoms with Gasteiger partial charge in [-0.25, -0.2) is 0 Å². The Morgan fingerprint density at radius 3 is 2.11 bits per heavy atom. The summed E-state index contributed by atoms with van der Waals surface area (Å²) in [5.41, 5.74) is 1.22. The molecule has 0 amide bonds. The van der Waals surface area contributed by atoms with E-state index in [0.717, 1.165) is 17.8 Å². The standard InChI is InChI=1S/C18H32/c1-17(2)10-4-5-11-18(17,3)13-16-12-14-6-8-15(16)9-7-14/h14-16H,4-13H2,1-3H3. The fourth-order valence-corrected chi connectivity index (χ4v) is 5.45. The zero-order valence-corrected chi connectivity index (χ0v) is 12.8. The summed E-state index contributed by atoms with van der Waals surface area (Å²) in [6, 6.07) is 0. The topological polar surface area (TPSA) is 0 Å². The summed E-state index contributed by atoms with van der Waals surface area (Å²) in [6.45, 7) is 7.72. The molecule has 0 aliphatic heterocycles. The lowest BCUT2D eigenvalue weighted by atomic mass is 9.52. The summed E-state index contributed by atoms with van der Waals surface area (Å²) in [4.78, 5) is 0. The summed E-state index contributed by atoms with van der Waals surface area (Å²) in [7, 11) is 0. The quantitative estimate of drug-likeness (QED) is 0.578. The maximum atomic E-state index is 2.62. The Morgan fingerprint density at radius 2 is 1.56 bits per heavy atom. The Bertz CT molecular complexity index is 295. The summed E-state index contributed by atoms with van der Waals surface area (Å²) >= 11 is 0. The first-order valence-corrected chi connectivity index (χ1v) is 8.50. The van der Waals surface area contributed by atoms with Gasteiger partial charge in [-0.2, -0.15) is 0 Å². The first-order valence-electron chi connectivity index (χ1n) is 8.50. The van der Waals surface area contributed by atoms with Crippen LogP contribution >= 0.6 is 0 Å². The van der Waals surface area contributed by atoms with Crippen LogP contribution in [0.25, 0.3) is 0 Å². The Hall–Kier alpha value is 0. The smallest absolute Gasteiger partial charge is 0.0272 e. The largest absolute Gasteiger partial charge is 0.0594 e. The second kappa shape index (κ2) is 4.53. The molecule has 104 valence electrons. The molecule has 0 nitrogen and oxygen atoms in total. The van der Waals surface area contributed by atoms with E-state index in [2.05, 4.69) is 20.8 Å². The zero-order chi connectivity index (χ0) is 12.8. The predicted molar refractivity (Wildman–Crippen MR) is 78.5 cm³/mol. The Kier molecular flexibility index (Phi) is 3.27. The van der Waals surface area contributed by atoms with Crippen molar-refractivity contribution in [3.63, 3.8) is 0 Å². The Morgan fingerprint density at radius 1 is 0.889 bits per heavy atom. The van der Waals surface area contributed by atoms with E-state index >= 15 is 0 Å². The molecule has 4 fully saturated rings. The van der Waals surface area contributed by atoms with Crippen molar-refractivity contribution in [3.8, 4) is 0 Å². The second-order valence-corrected chi connectivity index (χ2v) is 8.63. The van der Waals surface area contributed by atoms with Crippen molar-refractivity contribution >= 4 is 0 Å². The van der Waals surface area contributed by atoms with E-state index in [0.29, 0.717) is 10.8 Å². The molecule has 0 saturated heterocycles. The highest BCUT2D eigenvalue weighted by Crippen LogP contribution is 2.57. The van der Waals surface area contributed by atoms with Crippen molar-refractivity contribution in [1.29, 1.82) is 0 Å². The molecular formula is C18H32. The minimum Gasteiger partial charge on any atom is -0.0594 e. The highest BCUT2D eigenvalue weighted by Gasteiger charge is 2.46. The monoisotopic (exact) mass is 248 g/mol. The van der Waals surface area contributed by atoms with E-state index in [1.54, 1.807) is 38.5 Å². The zero-order valence-electron chi connectivity index (χ0n) is 12.8. The number of fused-ring (bicyclic) bond motifs is 3. The van der Waals surface area contributed by atoms with Gasteiger partial charge in [0.25, 0.3) is 0 Å². The van der Waals surface area contributed by atoms with Crippen molar-refractivity contribution in [3.05, 3.63) is 0 Å². The predicted octanol–water partition coefficient (Wildman–Crippen LogP) is 5.81. The van der Waals surface area contributed by atoms with Crippen LogP contribution in [0.1, 0.15) is 85.0 Å². The minimum absolute atomic E-state index is 0.585. The molecule has 2 unspecified atom stereocenters. The molecule has 4 aliphatic rings. The average Bonchev–Trinajstić information content (AvgIpc) is 2.35. The lowest BCUT2D eigenvalue weighted by Crippen LogP contribution is -2.43. The van der Waals surface area contributed by atoms with Crippen LogP contribution in [0.2, 0.25) is 0 Å². The molecule has 0 aromatic rings. The maximum absolute atomic E-state index is 2.62. The van der Waals surface area contributed by atoms with Gasteiger partial charge >= 0.3 is 0 Å². The van der Waals surface area contributed by atoms with Gasteiger partial charge in [0.05, 0.1) is 0 Å². The van der Waals surface area contributed by atoms with Crippen molar-refractivity contribution in [2.75, 3.05) is 0 Å². The fourth-order valence-electron chi connectivity index (χ4n) is 5.45. The van der Waals surface area contributed by atoms with Gasteiger partial charge in [-0.3, -0.25) is 0 Å². The number of hydrogen-bond acceptors (Lipinski definition) is 0. The van der Waals surface area contributed by atoms with Gasteiger partial charge in [0.15, 0.2) is 0 Å². The summed E-state index contributed by atoms with van der Waals surface area (Å²) in [5.74, 6) is 3.29. The van der Waals surface area contributed by atoms with Gasteiger partial charge < -0.3 is 0 Å². The minimum atomic E-state index is 0.585. The van der Waals surface area contributed by atoms with E-state index in [1.807, 2.05) is 0 Å². The van der Waals surface area contributed by atoms with Gasteiger partial charge in [0.2, 0.25) is 0 Å². The first kappa shape index (κ1) is 13.0. The molecule has 0 aromatic carbocycles. The van der Waals surface area contributed by atoms with Crippen molar-refractivity contribution in [1.82, 2.24) is 0 Å². The van der Waals surface area contributed by atoms with Gasteiger partial charge in [-0.1, -0.05) is 46.5 Å². The van der Waals surface area contributed by atoms with Gasteiger partial charge in [-0.15, -0.1) is 0 Å². The number of rotatable bonds is 2. The van der Waals surface area contributed by atoms with E-state index in [9.17, 15) is 0 Å². The van der Waals surface area contributed by atoms with Crippen molar-refractivity contribution in [2.24, 2.45) is 28.6 Å². The second-order valence-electron chi connectivity index (χ2n) is 8.63. The summed E-state index contributed by atoms with van der Waals surface area (Å²) in [6.07, 6.45) is 15.3. The van der Waals surface area contributed by atoms with Gasteiger partial charge in [-0.05, 0) is 67.1 Å². The highest BCUT2D eigenvalue weighted by atomic mass is 14.5. The first-order chi connectivity index (χ1) is 8.50. The molecule has 0 aromatic heterocycles. The van der Waals surface area contributed by atoms with Crippen LogP contribution in [0.5, 0.6) is 0 Å².